The van der Waals surface area contributed by atoms with Crippen LogP contribution in [0.15, 0.2) is 24.3 Å². The Morgan fingerprint density at radius 2 is 2.05 bits per heavy atom. The smallest absolute Gasteiger partial charge is 0.306 e. The predicted molar refractivity (Wildman–Crippen MR) is 71.4 cm³/mol. The van der Waals surface area contributed by atoms with E-state index in [-0.39, 0.29) is 23.7 Å². The number of carboxylic acid groups (broad SMARTS) is 1. The van der Waals surface area contributed by atoms with Crippen molar-refractivity contribution in [1.82, 2.24) is 5.32 Å². The third kappa shape index (κ3) is 3.35. The van der Waals surface area contributed by atoms with Crippen molar-refractivity contribution in [3.8, 4) is 0 Å². The molecule has 0 unspecified atom stereocenters. The molecule has 0 bridgehead atoms. The van der Waals surface area contributed by atoms with E-state index in [1.165, 1.54) is 12.1 Å². The largest absolute Gasteiger partial charge is 0.481 e. The second-order valence-corrected chi connectivity index (χ2v) is 5.33. The van der Waals surface area contributed by atoms with Gasteiger partial charge >= 0.3 is 5.97 Å². The van der Waals surface area contributed by atoms with E-state index in [2.05, 4.69) is 5.32 Å². The molecular weight excluding hydrogens is 261 g/mol. The van der Waals surface area contributed by atoms with Crippen LogP contribution in [0.4, 0.5) is 4.39 Å². The average molecular weight is 279 g/mol. The molecular formula is C15H18FNO3. The minimum atomic E-state index is -0.835. The first-order chi connectivity index (χ1) is 9.47. The number of rotatable bonds is 4. The van der Waals surface area contributed by atoms with E-state index >= 15 is 0 Å². The van der Waals surface area contributed by atoms with Gasteiger partial charge in [-0.05, 0) is 43.9 Å². The highest BCUT2D eigenvalue weighted by Crippen LogP contribution is 2.31. The molecule has 1 aliphatic rings. The lowest BCUT2D eigenvalue weighted by Gasteiger charge is -2.17. The number of carbonyl (C=O) groups excluding carboxylic acids is 1. The molecule has 20 heavy (non-hydrogen) atoms. The molecule has 1 aromatic rings. The first kappa shape index (κ1) is 14.5. The number of aliphatic carboxylic acids is 1. The van der Waals surface area contributed by atoms with Gasteiger partial charge in [-0.15, -0.1) is 0 Å². The third-order valence-corrected chi connectivity index (χ3v) is 3.86. The lowest BCUT2D eigenvalue weighted by atomic mass is 10.0. The Morgan fingerprint density at radius 1 is 1.35 bits per heavy atom. The van der Waals surface area contributed by atoms with Gasteiger partial charge in [0.15, 0.2) is 0 Å². The molecule has 0 spiro atoms. The molecule has 0 heterocycles. The van der Waals surface area contributed by atoms with E-state index in [1.54, 1.807) is 19.1 Å². The van der Waals surface area contributed by atoms with Gasteiger partial charge in [0.05, 0.1) is 12.0 Å². The van der Waals surface area contributed by atoms with Gasteiger partial charge in [0.2, 0.25) is 5.91 Å². The summed E-state index contributed by atoms with van der Waals surface area (Å²) < 4.78 is 13.1. The van der Waals surface area contributed by atoms with Gasteiger partial charge in [-0.25, -0.2) is 4.39 Å². The van der Waals surface area contributed by atoms with Crippen LogP contribution in [0.5, 0.6) is 0 Å². The minimum Gasteiger partial charge on any atom is -0.481 e. The average Bonchev–Trinajstić information content (AvgIpc) is 2.88. The molecule has 0 radical (unpaired) electrons. The maximum atomic E-state index is 13.1. The molecule has 4 nitrogen and oxygen atoms in total. The van der Waals surface area contributed by atoms with Gasteiger partial charge in [-0.1, -0.05) is 12.1 Å². The summed E-state index contributed by atoms with van der Waals surface area (Å²) in [4.78, 5) is 23.0. The maximum absolute atomic E-state index is 13.1. The van der Waals surface area contributed by atoms with Crippen LogP contribution in [0.3, 0.4) is 0 Å². The number of benzene rings is 1. The van der Waals surface area contributed by atoms with Gasteiger partial charge in [0.25, 0.3) is 0 Å². The van der Waals surface area contributed by atoms with Gasteiger partial charge in [-0.2, -0.15) is 0 Å². The summed E-state index contributed by atoms with van der Waals surface area (Å²) in [6.07, 6.45) is 1.53. The summed E-state index contributed by atoms with van der Waals surface area (Å²) in [7, 11) is 0. The van der Waals surface area contributed by atoms with Crippen LogP contribution in [0.1, 0.15) is 37.8 Å². The molecule has 1 aliphatic carbocycles. The van der Waals surface area contributed by atoms with Crippen LogP contribution in [0.25, 0.3) is 0 Å². The number of hydrogen-bond donors (Lipinski definition) is 2. The second kappa shape index (κ2) is 6.03. The highest BCUT2D eigenvalue weighted by Gasteiger charge is 2.34. The molecule has 0 saturated heterocycles. The molecule has 1 saturated carbocycles. The van der Waals surface area contributed by atoms with Crippen LogP contribution in [-0.2, 0) is 9.59 Å². The van der Waals surface area contributed by atoms with Crippen molar-refractivity contribution < 1.29 is 19.1 Å². The van der Waals surface area contributed by atoms with E-state index in [1.807, 2.05) is 0 Å². The van der Waals surface area contributed by atoms with Crippen LogP contribution in [0.2, 0.25) is 0 Å². The molecule has 0 aromatic heterocycles. The van der Waals surface area contributed by atoms with E-state index in [0.29, 0.717) is 24.8 Å². The number of halogens is 1. The molecule has 2 N–H and O–H groups in total. The van der Waals surface area contributed by atoms with Crippen molar-refractivity contribution in [1.29, 1.82) is 0 Å². The van der Waals surface area contributed by atoms with Crippen molar-refractivity contribution in [3.05, 3.63) is 35.6 Å². The van der Waals surface area contributed by atoms with Crippen molar-refractivity contribution in [3.63, 3.8) is 0 Å². The monoisotopic (exact) mass is 279 g/mol. The zero-order valence-electron chi connectivity index (χ0n) is 11.3. The Bertz CT molecular complexity index is 518. The Hall–Kier alpha value is -1.91. The highest BCUT2D eigenvalue weighted by atomic mass is 19.1. The quantitative estimate of drug-likeness (QED) is 0.890. The molecule has 3 atom stereocenters. The molecule has 5 heteroatoms. The molecule has 108 valence electrons. The zero-order valence-corrected chi connectivity index (χ0v) is 11.3. The Labute approximate surface area is 117 Å². The molecule has 1 aromatic carbocycles. The van der Waals surface area contributed by atoms with Crippen LogP contribution in [0, 0.1) is 17.7 Å². The van der Waals surface area contributed by atoms with Crippen LogP contribution in [-0.4, -0.2) is 17.0 Å². The molecule has 1 fully saturated rings. The highest BCUT2D eigenvalue weighted by molar-refractivity contribution is 5.81. The summed E-state index contributed by atoms with van der Waals surface area (Å²) >= 11 is 0. The number of hydrogen-bond acceptors (Lipinski definition) is 2. The van der Waals surface area contributed by atoms with Crippen molar-refractivity contribution in [2.24, 2.45) is 11.8 Å². The van der Waals surface area contributed by atoms with E-state index in [4.69, 9.17) is 5.11 Å². The molecule has 1 amide bonds. The fraction of sp³-hybridized carbons (Fsp3) is 0.467. The van der Waals surface area contributed by atoms with E-state index in [9.17, 15) is 14.0 Å². The van der Waals surface area contributed by atoms with Gasteiger partial charge in [0.1, 0.15) is 5.82 Å². The fourth-order valence-electron chi connectivity index (χ4n) is 2.63. The first-order valence-corrected chi connectivity index (χ1v) is 6.76. The third-order valence-electron chi connectivity index (χ3n) is 3.86. The summed E-state index contributed by atoms with van der Waals surface area (Å²) in [5, 5.41) is 11.8. The summed E-state index contributed by atoms with van der Waals surface area (Å²) in [6.45, 7) is 1.79. The Balaban J connectivity index is 1.93. The lowest BCUT2D eigenvalue weighted by Crippen LogP contribution is -2.32. The number of nitrogens with one attached hydrogen (secondary N) is 1. The normalized spacial score (nSPS) is 23.3. The second-order valence-electron chi connectivity index (χ2n) is 5.33. The zero-order chi connectivity index (χ0) is 14.7. The van der Waals surface area contributed by atoms with Gasteiger partial charge in [-0.3, -0.25) is 9.59 Å². The molecule has 2 rings (SSSR count). The number of carboxylic acids is 1. The summed E-state index contributed by atoms with van der Waals surface area (Å²) in [5.74, 6) is -2.00. The number of carbonyl (C=O) groups is 2. The van der Waals surface area contributed by atoms with Crippen LogP contribution >= 0.6 is 0 Å². The number of amides is 1. The van der Waals surface area contributed by atoms with Gasteiger partial charge < -0.3 is 10.4 Å². The van der Waals surface area contributed by atoms with Crippen molar-refractivity contribution in [2.45, 2.75) is 32.2 Å². The maximum Gasteiger partial charge on any atom is 0.306 e. The van der Waals surface area contributed by atoms with E-state index < -0.39 is 11.9 Å². The standard InChI is InChI=1S/C15H18FNO3/c1-9(10-3-2-4-13(16)8-10)17-14(18)11-5-6-12(7-11)15(19)20/h2-4,8-9,11-12H,5-7H2,1H3,(H,17,18)(H,19,20)/t9-,11+,12-/m0/s1. The predicted octanol–water partition coefficient (Wildman–Crippen LogP) is 2.50. The topological polar surface area (TPSA) is 66.4 Å². The lowest BCUT2D eigenvalue weighted by molar-refractivity contribution is -0.141. The summed E-state index contributed by atoms with van der Waals surface area (Å²) in [5.41, 5.74) is 0.700. The minimum absolute atomic E-state index is 0.148. The van der Waals surface area contributed by atoms with Crippen molar-refractivity contribution in [2.75, 3.05) is 0 Å². The Kier molecular flexibility index (Phi) is 4.37. The van der Waals surface area contributed by atoms with Gasteiger partial charge in [0, 0.05) is 5.92 Å². The SMILES string of the molecule is C[C@H](NC(=O)[C@@H]1CC[C@H](C(=O)O)C1)c1cccc(F)c1. The first-order valence-electron chi connectivity index (χ1n) is 6.76. The fourth-order valence-corrected chi connectivity index (χ4v) is 2.63. The molecule has 0 aliphatic heterocycles. The van der Waals surface area contributed by atoms with E-state index in [0.717, 1.165) is 0 Å². The Morgan fingerprint density at radius 3 is 2.65 bits per heavy atom. The van der Waals surface area contributed by atoms with Crippen LogP contribution < -0.4 is 5.32 Å². The van der Waals surface area contributed by atoms with Crippen molar-refractivity contribution >= 4 is 11.9 Å². The summed E-state index contributed by atoms with van der Waals surface area (Å²) in [6, 6.07) is 5.81.